The van der Waals surface area contributed by atoms with Crippen molar-refractivity contribution in [3.05, 3.63) is 30.3 Å². The van der Waals surface area contributed by atoms with Crippen LogP contribution in [0.5, 0.6) is 0 Å². The first kappa shape index (κ1) is 17.3. The fourth-order valence-corrected chi connectivity index (χ4v) is 2.84. The predicted molar refractivity (Wildman–Crippen MR) is 79.8 cm³/mol. The molecule has 1 aromatic carbocycles. The Hall–Kier alpha value is -2.05. The third-order valence-corrected chi connectivity index (χ3v) is 3.95. The van der Waals surface area contributed by atoms with Gasteiger partial charge in [-0.05, 0) is 31.9 Å². The number of likely N-dealkylation sites (tertiary alicyclic amines) is 1. The fraction of sp³-hybridized carbons (Fsp3) is 0.500. The molecule has 2 amide bonds. The second kappa shape index (κ2) is 7.02. The van der Waals surface area contributed by atoms with Crippen molar-refractivity contribution in [3.8, 4) is 0 Å². The molecule has 7 heteroatoms. The molecule has 1 atom stereocenters. The zero-order chi connectivity index (χ0) is 17.0. The monoisotopic (exact) mass is 328 g/mol. The summed E-state index contributed by atoms with van der Waals surface area (Å²) in [6, 6.07) is 8.98. The summed E-state index contributed by atoms with van der Waals surface area (Å²) in [6.45, 7) is 2.10. The summed E-state index contributed by atoms with van der Waals surface area (Å²) in [5.74, 6) is -2.70. The molecule has 1 saturated heterocycles. The average molecular weight is 328 g/mol. The maximum absolute atomic E-state index is 12.7. The second-order valence-corrected chi connectivity index (χ2v) is 5.51. The fourth-order valence-electron chi connectivity index (χ4n) is 2.84. The third kappa shape index (κ3) is 4.03. The summed E-state index contributed by atoms with van der Waals surface area (Å²) in [7, 11) is 0. The Morgan fingerprint density at radius 1 is 1.26 bits per heavy atom. The van der Waals surface area contributed by atoms with Gasteiger partial charge in [-0.2, -0.15) is 13.2 Å². The number of halogens is 3. The number of benzene rings is 1. The number of carbonyl (C=O) groups is 2. The quantitative estimate of drug-likeness (QED) is 0.856. The zero-order valence-corrected chi connectivity index (χ0v) is 12.8. The van der Waals surface area contributed by atoms with E-state index >= 15 is 0 Å². The first-order valence-corrected chi connectivity index (χ1v) is 7.57. The van der Waals surface area contributed by atoms with Gasteiger partial charge in [-0.15, -0.1) is 0 Å². The lowest BCUT2D eigenvalue weighted by Crippen LogP contribution is -2.50. The van der Waals surface area contributed by atoms with E-state index in [4.69, 9.17) is 0 Å². The van der Waals surface area contributed by atoms with Gasteiger partial charge in [0.05, 0.1) is 5.92 Å². The minimum Gasteiger partial charge on any atom is -0.334 e. The lowest BCUT2D eigenvalue weighted by atomic mass is 9.96. The standard InChI is InChI=1S/C16H19F3N2O2/c1-2-21(13-8-4-3-5-9-13)14(22)12-7-6-10-20(11-12)15(23)16(17,18)19/h3-5,8-9,12H,2,6-7,10-11H2,1H3. The van der Waals surface area contributed by atoms with E-state index in [1.165, 1.54) is 0 Å². The van der Waals surface area contributed by atoms with Gasteiger partial charge in [0.1, 0.15) is 0 Å². The Morgan fingerprint density at radius 3 is 2.48 bits per heavy atom. The van der Waals surface area contributed by atoms with Crippen LogP contribution in [0, 0.1) is 5.92 Å². The van der Waals surface area contributed by atoms with Gasteiger partial charge >= 0.3 is 12.1 Å². The smallest absolute Gasteiger partial charge is 0.334 e. The lowest BCUT2D eigenvalue weighted by Gasteiger charge is -2.35. The summed E-state index contributed by atoms with van der Waals surface area (Å²) < 4.78 is 37.7. The van der Waals surface area contributed by atoms with Crippen LogP contribution in [-0.2, 0) is 9.59 Å². The van der Waals surface area contributed by atoms with Crippen LogP contribution in [0.15, 0.2) is 30.3 Å². The van der Waals surface area contributed by atoms with E-state index < -0.39 is 18.0 Å². The maximum atomic E-state index is 12.7. The summed E-state index contributed by atoms with van der Waals surface area (Å²) in [4.78, 5) is 26.3. The number of para-hydroxylation sites is 1. The average Bonchev–Trinajstić information content (AvgIpc) is 2.55. The molecule has 1 aliphatic rings. The molecule has 1 aliphatic heterocycles. The van der Waals surface area contributed by atoms with Crippen molar-refractivity contribution in [2.75, 3.05) is 24.5 Å². The van der Waals surface area contributed by atoms with Gasteiger partial charge in [0, 0.05) is 25.3 Å². The molecule has 1 aromatic rings. The first-order valence-electron chi connectivity index (χ1n) is 7.57. The van der Waals surface area contributed by atoms with Crippen molar-refractivity contribution in [1.29, 1.82) is 0 Å². The number of rotatable bonds is 3. The van der Waals surface area contributed by atoms with Gasteiger partial charge in [-0.25, -0.2) is 0 Å². The van der Waals surface area contributed by atoms with Crippen LogP contribution in [0.4, 0.5) is 18.9 Å². The highest BCUT2D eigenvalue weighted by Crippen LogP contribution is 2.26. The van der Waals surface area contributed by atoms with E-state index in [2.05, 4.69) is 0 Å². The van der Waals surface area contributed by atoms with Gasteiger partial charge in [0.25, 0.3) is 0 Å². The topological polar surface area (TPSA) is 40.6 Å². The Bertz CT molecular complexity index is 560. The van der Waals surface area contributed by atoms with Gasteiger partial charge in [-0.3, -0.25) is 9.59 Å². The Kier molecular flexibility index (Phi) is 5.28. The van der Waals surface area contributed by atoms with Crippen molar-refractivity contribution in [2.45, 2.75) is 25.9 Å². The maximum Gasteiger partial charge on any atom is 0.471 e. The summed E-state index contributed by atoms with van der Waals surface area (Å²) >= 11 is 0. The minimum absolute atomic E-state index is 0.0413. The molecule has 0 radical (unpaired) electrons. The van der Waals surface area contributed by atoms with Crippen molar-refractivity contribution in [3.63, 3.8) is 0 Å². The predicted octanol–water partition coefficient (Wildman–Crippen LogP) is 2.84. The van der Waals surface area contributed by atoms with Crippen LogP contribution in [-0.4, -0.2) is 42.5 Å². The molecule has 0 N–H and O–H groups in total. The van der Waals surface area contributed by atoms with Crippen molar-refractivity contribution >= 4 is 17.5 Å². The number of carbonyl (C=O) groups excluding carboxylic acids is 2. The van der Waals surface area contributed by atoms with Crippen LogP contribution in [0.25, 0.3) is 0 Å². The van der Waals surface area contributed by atoms with E-state index in [1.807, 2.05) is 13.0 Å². The van der Waals surface area contributed by atoms with Gasteiger partial charge < -0.3 is 9.80 Å². The number of anilines is 1. The van der Waals surface area contributed by atoms with Crippen LogP contribution < -0.4 is 4.90 Å². The van der Waals surface area contributed by atoms with Crippen LogP contribution in [0.2, 0.25) is 0 Å². The molecule has 1 heterocycles. The van der Waals surface area contributed by atoms with E-state index in [-0.39, 0.29) is 19.0 Å². The largest absolute Gasteiger partial charge is 0.471 e. The van der Waals surface area contributed by atoms with Gasteiger partial charge in [-0.1, -0.05) is 18.2 Å². The summed E-state index contributed by atoms with van der Waals surface area (Å²) in [6.07, 6.45) is -4.01. The molecular weight excluding hydrogens is 309 g/mol. The van der Waals surface area contributed by atoms with E-state index in [1.54, 1.807) is 29.2 Å². The molecule has 2 rings (SSSR count). The SMILES string of the molecule is CCN(C(=O)C1CCCN(C(=O)C(F)(F)F)C1)c1ccccc1. The summed E-state index contributed by atoms with van der Waals surface area (Å²) in [5, 5.41) is 0. The number of amides is 2. The summed E-state index contributed by atoms with van der Waals surface area (Å²) in [5.41, 5.74) is 0.708. The highest BCUT2D eigenvalue weighted by Gasteiger charge is 2.44. The molecule has 0 aromatic heterocycles. The van der Waals surface area contributed by atoms with Crippen LogP contribution in [0.1, 0.15) is 19.8 Å². The second-order valence-electron chi connectivity index (χ2n) is 5.51. The zero-order valence-electron chi connectivity index (χ0n) is 12.8. The van der Waals surface area contributed by atoms with Gasteiger partial charge in [0.15, 0.2) is 0 Å². The van der Waals surface area contributed by atoms with Crippen LogP contribution in [0.3, 0.4) is 0 Å². The number of nitrogens with zero attached hydrogens (tertiary/aromatic N) is 2. The van der Waals surface area contributed by atoms with Crippen LogP contribution >= 0.6 is 0 Å². The number of hydrogen-bond acceptors (Lipinski definition) is 2. The van der Waals surface area contributed by atoms with Crippen molar-refractivity contribution in [2.24, 2.45) is 5.92 Å². The van der Waals surface area contributed by atoms with E-state index in [0.29, 0.717) is 25.1 Å². The molecule has 1 fully saturated rings. The lowest BCUT2D eigenvalue weighted by molar-refractivity contribution is -0.187. The Labute approximate surface area is 132 Å². The van der Waals surface area contributed by atoms with E-state index in [0.717, 1.165) is 4.90 Å². The molecule has 126 valence electrons. The molecule has 0 bridgehead atoms. The highest BCUT2D eigenvalue weighted by molar-refractivity contribution is 5.95. The number of piperidine rings is 1. The molecule has 4 nitrogen and oxygen atoms in total. The molecule has 0 aliphatic carbocycles. The Morgan fingerprint density at radius 2 is 1.91 bits per heavy atom. The molecule has 23 heavy (non-hydrogen) atoms. The molecule has 0 saturated carbocycles. The number of alkyl halides is 3. The minimum atomic E-state index is -4.89. The normalized spacial score (nSPS) is 18.6. The van der Waals surface area contributed by atoms with Crippen molar-refractivity contribution < 1.29 is 22.8 Å². The van der Waals surface area contributed by atoms with E-state index in [9.17, 15) is 22.8 Å². The number of hydrogen-bond donors (Lipinski definition) is 0. The third-order valence-electron chi connectivity index (χ3n) is 3.95. The molecular formula is C16H19F3N2O2. The first-order chi connectivity index (χ1) is 10.8. The Balaban J connectivity index is 2.11. The molecule has 1 unspecified atom stereocenters. The van der Waals surface area contributed by atoms with Gasteiger partial charge in [0.2, 0.25) is 5.91 Å². The molecule has 0 spiro atoms. The highest BCUT2D eigenvalue weighted by atomic mass is 19.4. The van der Waals surface area contributed by atoms with Crippen molar-refractivity contribution in [1.82, 2.24) is 4.90 Å².